The van der Waals surface area contributed by atoms with Gasteiger partial charge in [0.15, 0.2) is 0 Å². The van der Waals surface area contributed by atoms with Crippen LogP contribution in [0, 0.1) is 6.92 Å². The fourth-order valence-electron chi connectivity index (χ4n) is 3.63. The van der Waals surface area contributed by atoms with E-state index in [1.165, 1.54) is 14.2 Å². The minimum absolute atomic E-state index is 0.234. The molecule has 31 heavy (non-hydrogen) atoms. The second-order valence-electron chi connectivity index (χ2n) is 7.02. The van der Waals surface area contributed by atoms with Gasteiger partial charge in [0.25, 0.3) is 0 Å². The summed E-state index contributed by atoms with van der Waals surface area (Å²) in [4.78, 5) is 24.2. The van der Waals surface area contributed by atoms with Gasteiger partial charge in [0.2, 0.25) is 0 Å². The van der Waals surface area contributed by atoms with Gasteiger partial charge < -0.3 is 32.4 Å². The molecule has 0 aliphatic heterocycles. The van der Waals surface area contributed by atoms with E-state index in [0.717, 1.165) is 5.56 Å². The van der Waals surface area contributed by atoms with Crippen molar-refractivity contribution in [3.63, 3.8) is 0 Å². The van der Waals surface area contributed by atoms with Gasteiger partial charge in [0.1, 0.15) is 0 Å². The number of anilines is 4. The maximum atomic E-state index is 12.1. The topological polar surface area (TPSA) is 157 Å². The highest BCUT2D eigenvalue weighted by Crippen LogP contribution is 2.41. The second kappa shape index (κ2) is 8.27. The lowest BCUT2D eigenvalue weighted by molar-refractivity contribution is 0.0593. The van der Waals surface area contributed by atoms with Crippen molar-refractivity contribution in [1.29, 1.82) is 0 Å². The number of carbonyl (C=O) groups is 2. The Morgan fingerprint density at radius 2 is 1.03 bits per heavy atom. The number of esters is 2. The summed E-state index contributed by atoms with van der Waals surface area (Å²) in [6.07, 6.45) is 0. The van der Waals surface area contributed by atoms with E-state index < -0.39 is 11.9 Å². The minimum atomic E-state index is -0.549. The van der Waals surface area contributed by atoms with Gasteiger partial charge in [0, 0.05) is 33.9 Å². The van der Waals surface area contributed by atoms with Crippen LogP contribution in [0.25, 0.3) is 22.3 Å². The number of hydrogen-bond acceptors (Lipinski definition) is 8. The molecule has 8 N–H and O–H groups in total. The summed E-state index contributed by atoms with van der Waals surface area (Å²) in [5, 5.41) is 0. The molecule has 0 saturated heterocycles. The molecule has 0 aliphatic rings. The van der Waals surface area contributed by atoms with Crippen LogP contribution in [-0.2, 0) is 9.47 Å². The first-order valence-corrected chi connectivity index (χ1v) is 9.34. The molecule has 0 spiro atoms. The van der Waals surface area contributed by atoms with Crippen LogP contribution >= 0.6 is 0 Å². The van der Waals surface area contributed by atoms with Crippen molar-refractivity contribution in [2.45, 2.75) is 6.92 Å². The first-order valence-electron chi connectivity index (χ1n) is 9.34. The fraction of sp³-hybridized carbons (Fsp3) is 0.130. The summed E-state index contributed by atoms with van der Waals surface area (Å²) in [6.45, 7) is 1.86. The number of methoxy groups -OCH3 is 2. The SMILES string of the molecule is COC(=O)c1cc(-c2c(N)cc(N)c(-c3ccc(N)c(C(=O)OC)c3)c2C)ccc1N. The number of rotatable bonds is 4. The van der Waals surface area contributed by atoms with E-state index in [-0.39, 0.29) is 11.1 Å². The van der Waals surface area contributed by atoms with Crippen LogP contribution in [0.5, 0.6) is 0 Å². The molecule has 0 bridgehead atoms. The molecule has 0 aliphatic carbocycles. The van der Waals surface area contributed by atoms with Crippen LogP contribution < -0.4 is 22.9 Å². The molecular formula is C23H24N4O4. The molecule has 3 aromatic carbocycles. The largest absolute Gasteiger partial charge is 0.465 e. The maximum Gasteiger partial charge on any atom is 0.339 e. The normalized spacial score (nSPS) is 10.5. The molecular weight excluding hydrogens is 396 g/mol. The van der Waals surface area contributed by atoms with E-state index in [1.807, 2.05) is 6.92 Å². The van der Waals surface area contributed by atoms with Crippen molar-refractivity contribution in [1.82, 2.24) is 0 Å². The zero-order valence-corrected chi connectivity index (χ0v) is 17.5. The van der Waals surface area contributed by atoms with Gasteiger partial charge in [-0.2, -0.15) is 0 Å². The van der Waals surface area contributed by atoms with Gasteiger partial charge >= 0.3 is 11.9 Å². The predicted octanol–water partition coefficient (Wildman–Crippen LogP) is 3.23. The lowest BCUT2D eigenvalue weighted by Gasteiger charge is -2.19. The van der Waals surface area contributed by atoms with Crippen molar-refractivity contribution in [3.8, 4) is 22.3 Å². The van der Waals surface area contributed by atoms with Crippen molar-refractivity contribution in [3.05, 3.63) is 59.2 Å². The standard InChI is InChI=1S/C23H24N4O4/c1-11-20(12-4-6-16(24)14(8-12)22(28)30-2)18(26)10-19(27)21(11)13-5-7-17(25)15(9-13)23(29)31-3/h4-10H,24-27H2,1-3H3. The zero-order chi connectivity index (χ0) is 22.9. The number of carbonyl (C=O) groups excluding carboxylic acids is 2. The zero-order valence-electron chi connectivity index (χ0n) is 17.5. The monoisotopic (exact) mass is 420 g/mol. The fourth-order valence-corrected chi connectivity index (χ4v) is 3.63. The van der Waals surface area contributed by atoms with Crippen LogP contribution in [0.2, 0.25) is 0 Å². The third-order valence-electron chi connectivity index (χ3n) is 5.13. The van der Waals surface area contributed by atoms with Crippen molar-refractivity contribution >= 4 is 34.7 Å². The van der Waals surface area contributed by atoms with E-state index >= 15 is 0 Å². The van der Waals surface area contributed by atoms with E-state index in [0.29, 0.717) is 45.0 Å². The third kappa shape index (κ3) is 3.83. The molecule has 0 heterocycles. The predicted molar refractivity (Wildman–Crippen MR) is 122 cm³/mol. The molecule has 0 amide bonds. The van der Waals surface area contributed by atoms with Gasteiger partial charge in [-0.1, -0.05) is 12.1 Å². The van der Waals surface area contributed by atoms with Crippen LogP contribution in [0.1, 0.15) is 26.3 Å². The van der Waals surface area contributed by atoms with Gasteiger partial charge in [-0.25, -0.2) is 9.59 Å². The van der Waals surface area contributed by atoms with Crippen LogP contribution in [0.15, 0.2) is 42.5 Å². The van der Waals surface area contributed by atoms with E-state index in [1.54, 1.807) is 42.5 Å². The summed E-state index contributed by atoms with van der Waals surface area (Å²) in [7, 11) is 2.57. The van der Waals surface area contributed by atoms with E-state index in [9.17, 15) is 9.59 Å². The Morgan fingerprint density at radius 3 is 1.39 bits per heavy atom. The molecule has 8 heteroatoms. The van der Waals surface area contributed by atoms with Crippen LogP contribution in [0.3, 0.4) is 0 Å². The highest BCUT2D eigenvalue weighted by atomic mass is 16.5. The highest BCUT2D eigenvalue weighted by Gasteiger charge is 2.20. The van der Waals surface area contributed by atoms with Crippen LogP contribution in [-0.4, -0.2) is 26.2 Å². The molecule has 0 unspecified atom stereocenters. The summed E-state index contributed by atoms with van der Waals surface area (Å²) in [6, 6.07) is 11.7. The van der Waals surface area contributed by atoms with Crippen molar-refractivity contribution in [2.24, 2.45) is 0 Å². The minimum Gasteiger partial charge on any atom is -0.465 e. The number of nitrogens with two attached hydrogens (primary N) is 4. The molecule has 3 aromatic rings. The summed E-state index contributed by atoms with van der Waals surface area (Å²) < 4.78 is 9.62. The van der Waals surface area contributed by atoms with E-state index in [4.69, 9.17) is 32.4 Å². The number of nitrogen functional groups attached to an aromatic ring is 4. The Labute approximate surface area is 179 Å². The summed E-state index contributed by atoms with van der Waals surface area (Å²) in [5.74, 6) is -1.10. The Bertz CT molecular complexity index is 1110. The molecule has 0 atom stereocenters. The lowest BCUT2D eigenvalue weighted by atomic mass is 9.88. The molecule has 0 fully saturated rings. The molecule has 160 valence electrons. The Kier molecular flexibility index (Phi) is 5.74. The number of benzene rings is 3. The average Bonchev–Trinajstić information content (AvgIpc) is 2.74. The molecule has 0 saturated carbocycles. The van der Waals surface area contributed by atoms with Gasteiger partial charge in [-0.3, -0.25) is 0 Å². The van der Waals surface area contributed by atoms with Gasteiger partial charge in [-0.15, -0.1) is 0 Å². The molecule has 3 rings (SSSR count). The quantitative estimate of drug-likeness (QED) is 0.370. The molecule has 0 aromatic heterocycles. The number of ether oxygens (including phenoxy) is 2. The Morgan fingerprint density at radius 1 is 0.645 bits per heavy atom. The van der Waals surface area contributed by atoms with Gasteiger partial charge in [-0.05, 0) is 53.9 Å². The Hall–Kier alpha value is -4.20. The van der Waals surface area contributed by atoms with Crippen molar-refractivity contribution < 1.29 is 19.1 Å². The molecule has 8 nitrogen and oxygen atoms in total. The smallest absolute Gasteiger partial charge is 0.339 e. The first kappa shape index (κ1) is 21.5. The average molecular weight is 420 g/mol. The second-order valence-corrected chi connectivity index (χ2v) is 7.02. The third-order valence-corrected chi connectivity index (χ3v) is 5.13. The summed E-state index contributed by atoms with van der Waals surface area (Å²) >= 11 is 0. The van der Waals surface area contributed by atoms with Gasteiger partial charge in [0.05, 0.1) is 25.3 Å². The van der Waals surface area contributed by atoms with Crippen LogP contribution in [0.4, 0.5) is 22.7 Å². The van der Waals surface area contributed by atoms with E-state index in [2.05, 4.69) is 0 Å². The highest BCUT2D eigenvalue weighted by molar-refractivity contribution is 6.00. The first-order chi connectivity index (χ1) is 14.7. The van der Waals surface area contributed by atoms with Crippen molar-refractivity contribution in [2.75, 3.05) is 37.2 Å². The maximum absolute atomic E-state index is 12.1. The molecule has 0 radical (unpaired) electrons. The Balaban J connectivity index is 2.26. The lowest BCUT2D eigenvalue weighted by Crippen LogP contribution is -2.07. The summed E-state index contributed by atoms with van der Waals surface area (Å²) in [5.41, 5.74) is 29.9. The number of hydrogen-bond donors (Lipinski definition) is 4.